The summed E-state index contributed by atoms with van der Waals surface area (Å²) in [5, 5.41) is 2.91. The maximum atomic E-state index is 11.9. The Labute approximate surface area is 120 Å². The van der Waals surface area contributed by atoms with Crippen molar-refractivity contribution in [3.63, 3.8) is 0 Å². The van der Waals surface area contributed by atoms with Crippen LogP contribution in [0.1, 0.15) is 38.3 Å². The number of ether oxygens (including phenoxy) is 2. The molecule has 0 heterocycles. The normalized spacial score (nSPS) is 13.4. The minimum absolute atomic E-state index is 0.141. The molecule has 1 unspecified atom stereocenters. The van der Waals surface area contributed by atoms with Gasteiger partial charge in [-0.15, -0.1) is 0 Å². The Balaban J connectivity index is 2.81. The van der Waals surface area contributed by atoms with Crippen LogP contribution in [0.2, 0.25) is 0 Å². The van der Waals surface area contributed by atoms with Crippen molar-refractivity contribution in [1.82, 2.24) is 5.32 Å². The van der Waals surface area contributed by atoms with Gasteiger partial charge in [-0.2, -0.15) is 0 Å². The first kappa shape index (κ1) is 16.3. The smallest absolute Gasteiger partial charge is 0.237 e. The molecule has 5 nitrogen and oxygen atoms in total. The Hall–Kier alpha value is -1.75. The molecule has 0 radical (unpaired) electrons. The summed E-state index contributed by atoms with van der Waals surface area (Å²) in [4.78, 5) is 11.9. The second-order valence-corrected chi connectivity index (χ2v) is 4.73. The summed E-state index contributed by atoms with van der Waals surface area (Å²) in [5.41, 5.74) is 6.70. The molecule has 0 aromatic heterocycles. The lowest BCUT2D eigenvalue weighted by atomic mass is 10.1. The van der Waals surface area contributed by atoms with Crippen molar-refractivity contribution in [2.45, 2.75) is 38.8 Å². The van der Waals surface area contributed by atoms with Crippen molar-refractivity contribution in [3.8, 4) is 11.5 Å². The van der Waals surface area contributed by atoms with Gasteiger partial charge in [-0.3, -0.25) is 4.79 Å². The molecule has 0 bridgehead atoms. The van der Waals surface area contributed by atoms with E-state index in [4.69, 9.17) is 15.2 Å². The SMILES string of the molecule is CCC[C@@H](N)C(=O)NC(C)c1ccc(OC)cc1OC. The minimum atomic E-state index is -0.466. The van der Waals surface area contributed by atoms with Crippen molar-refractivity contribution < 1.29 is 14.3 Å². The number of carbonyl (C=O) groups excluding carboxylic acids is 1. The Kier molecular flexibility index (Phi) is 6.31. The Bertz CT molecular complexity index is 449. The first-order valence-corrected chi connectivity index (χ1v) is 6.81. The van der Waals surface area contributed by atoms with E-state index < -0.39 is 6.04 Å². The average molecular weight is 280 g/mol. The molecule has 5 heteroatoms. The molecule has 2 atom stereocenters. The summed E-state index contributed by atoms with van der Waals surface area (Å²) in [6, 6.07) is 4.88. The molecule has 0 fully saturated rings. The highest BCUT2D eigenvalue weighted by atomic mass is 16.5. The number of nitrogens with one attached hydrogen (secondary N) is 1. The number of carbonyl (C=O) groups is 1. The maximum absolute atomic E-state index is 11.9. The van der Waals surface area contributed by atoms with Crippen LogP contribution in [0, 0.1) is 0 Å². The van der Waals surface area contributed by atoms with Crippen molar-refractivity contribution in [3.05, 3.63) is 23.8 Å². The van der Waals surface area contributed by atoms with E-state index in [9.17, 15) is 4.79 Å². The predicted molar refractivity (Wildman–Crippen MR) is 79.0 cm³/mol. The maximum Gasteiger partial charge on any atom is 0.237 e. The van der Waals surface area contributed by atoms with Crippen LogP contribution in [-0.4, -0.2) is 26.2 Å². The summed E-state index contributed by atoms with van der Waals surface area (Å²) >= 11 is 0. The second kappa shape index (κ2) is 7.75. The Morgan fingerprint density at radius 3 is 2.60 bits per heavy atom. The molecule has 0 aliphatic heterocycles. The first-order valence-electron chi connectivity index (χ1n) is 6.81. The van der Waals surface area contributed by atoms with Crippen LogP contribution in [0.25, 0.3) is 0 Å². The van der Waals surface area contributed by atoms with Gasteiger partial charge in [0.2, 0.25) is 5.91 Å². The molecule has 1 aromatic carbocycles. The van der Waals surface area contributed by atoms with Crippen LogP contribution < -0.4 is 20.5 Å². The third kappa shape index (κ3) is 4.13. The molecular weight excluding hydrogens is 256 g/mol. The first-order chi connectivity index (χ1) is 9.53. The van der Waals surface area contributed by atoms with Gasteiger partial charge in [0.1, 0.15) is 11.5 Å². The lowest BCUT2D eigenvalue weighted by Gasteiger charge is -2.20. The van der Waals surface area contributed by atoms with Crippen molar-refractivity contribution in [1.29, 1.82) is 0 Å². The van der Waals surface area contributed by atoms with Gasteiger partial charge in [-0.05, 0) is 25.5 Å². The lowest BCUT2D eigenvalue weighted by molar-refractivity contribution is -0.123. The molecule has 0 aliphatic rings. The van der Waals surface area contributed by atoms with Crippen LogP contribution >= 0.6 is 0 Å². The summed E-state index contributed by atoms with van der Waals surface area (Å²) in [5.74, 6) is 1.25. The van der Waals surface area contributed by atoms with Gasteiger partial charge in [-0.1, -0.05) is 13.3 Å². The fourth-order valence-electron chi connectivity index (χ4n) is 2.02. The van der Waals surface area contributed by atoms with Gasteiger partial charge in [0.25, 0.3) is 0 Å². The summed E-state index contributed by atoms with van der Waals surface area (Å²) in [6.07, 6.45) is 1.56. The summed E-state index contributed by atoms with van der Waals surface area (Å²) in [6.45, 7) is 3.91. The second-order valence-electron chi connectivity index (χ2n) is 4.73. The van der Waals surface area contributed by atoms with E-state index in [1.165, 1.54) is 0 Å². The van der Waals surface area contributed by atoms with Gasteiger partial charge in [0.15, 0.2) is 0 Å². The number of hydrogen-bond donors (Lipinski definition) is 2. The molecule has 1 rings (SSSR count). The van der Waals surface area contributed by atoms with Crippen LogP contribution in [0.15, 0.2) is 18.2 Å². The highest BCUT2D eigenvalue weighted by molar-refractivity contribution is 5.81. The van der Waals surface area contributed by atoms with Crippen molar-refractivity contribution >= 4 is 5.91 Å². The van der Waals surface area contributed by atoms with Crippen LogP contribution in [0.4, 0.5) is 0 Å². The van der Waals surface area contributed by atoms with E-state index in [0.29, 0.717) is 17.9 Å². The lowest BCUT2D eigenvalue weighted by Crippen LogP contribution is -2.41. The molecule has 1 amide bonds. The largest absolute Gasteiger partial charge is 0.497 e. The van der Waals surface area contributed by atoms with E-state index >= 15 is 0 Å². The molecule has 112 valence electrons. The van der Waals surface area contributed by atoms with Crippen LogP contribution in [0.5, 0.6) is 11.5 Å². The number of amides is 1. The minimum Gasteiger partial charge on any atom is -0.497 e. The fourth-order valence-corrected chi connectivity index (χ4v) is 2.02. The molecule has 0 spiro atoms. The zero-order valence-corrected chi connectivity index (χ0v) is 12.6. The van der Waals surface area contributed by atoms with Gasteiger partial charge in [-0.25, -0.2) is 0 Å². The number of nitrogens with two attached hydrogens (primary N) is 1. The molecule has 3 N–H and O–H groups in total. The third-order valence-electron chi connectivity index (χ3n) is 3.20. The van der Waals surface area contributed by atoms with E-state index in [-0.39, 0.29) is 11.9 Å². The van der Waals surface area contributed by atoms with Gasteiger partial charge >= 0.3 is 0 Å². The van der Waals surface area contributed by atoms with Crippen LogP contribution in [-0.2, 0) is 4.79 Å². The fraction of sp³-hybridized carbons (Fsp3) is 0.533. The molecule has 0 saturated carbocycles. The highest BCUT2D eigenvalue weighted by Crippen LogP contribution is 2.29. The topological polar surface area (TPSA) is 73.6 Å². The molecular formula is C15H24N2O3. The highest BCUT2D eigenvalue weighted by Gasteiger charge is 2.18. The standard InChI is InChI=1S/C15H24N2O3/c1-5-6-13(16)15(18)17-10(2)12-8-7-11(19-3)9-14(12)20-4/h7-10,13H,5-6,16H2,1-4H3,(H,17,18)/t10?,13-/m1/s1. The van der Waals surface area contributed by atoms with E-state index in [2.05, 4.69) is 5.32 Å². The molecule has 0 aliphatic carbocycles. The van der Waals surface area contributed by atoms with Gasteiger partial charge < -0.3 is 20.5 Å². The molecule has 20 heavy (non-hydrogen) atoms. The zero-order chi connectivity index (χ0) is 15.1. The van der Waals surface area contributed by atoms with E-state index in [0.717, 1.165) is 12.0 Å². The van der Waals surface area contributed by atoms with Crippen molar-refractivity contribution in [2.24, 2.45) is 5.73 Å². The molecule has 0 saturated heterocycles. The van der Waals surface area contributed by atoms with E-state index in [1.54, 1.807) is 20.3 Å². The third-order valence-corrected chi connectivity index (χ3v) is 3.20. The Morgan fingerprint density at radius 2 is 2.05 bits per heavy atom. The zero-order valence-electron chi connectivity index (χ0n) is 12.6. The summed E-state index contributed by atoms with van der Waals surface area (Å²) in [7, 11) is 3.19. The quantitative estimate of drug-likeness (QED) is 0.801. The number of methoxy groups -OCH3 is 2. The van der Waals surface area contributed by atoms with E-state index in [1.807, 2.05) is 26.0 Å². The van der Waals surface area contributed by atoms with Crippen molar-refractivity contribution in [2.75, 3.05) is 14.2 Å². The number of benzene rings is 1. The monoisotopic (exact) mass is 280 g/mol. The number of rotatable bonds is 7. The summed E-state index contributed by atoms with van der Waals surface area (Å²) < 4.78 is 10.5. The Morgan fingerprint density at radius 1 is 1.35 bits per heavy atom. The van der Waals surface area contributed by atoms with Gasteiger partial charge in [0, 0.05) is 11.6 Å². The van der Waals surface area contributed by atoms with Crippen LogP contribution in [0.3, 0.4) is 0 Å². The molecule has 1 aromatic rings. The predicted octanol–water partition coefficient (Wildman–Crippen LogP) is 2.01. The average Bonchev–Trinajstić information content (AvgIpc) is 2.46. The van der Waals surface area contributed by atoms with Gasteiger partial charge in [0.05, 0.1) is 26.3 Å². The number of hydrogen-bond acceptors (Lipinski definition) is 4.